The lowest BCUT2D eigenvalue weighted by atomic mass is 10.0. The molecule has 19 heavy (non-hydrogen) atoms. The van der Waals surface area contributed by atoms with E-state index in [9.17, 15) is 0 Å². The van der Waals surface area contributed by atoms with Crippen molar-refractivity contribution in [3.8, 4) is 0 Å². The van der Waals surface area contributed by atoms with E-state index >= 15 is 0 Å². The molecular weight excluding hydrogens is 254 g/mol. The zero-order valence-corrected chi connectivity index (χ0v) is 12.8. The summed E-state index contributed by atoms with van der Waals surface area (Å²) >= 11 is 2.01. The van der Waals surface area contributed by atoms with Crippen molar-refractivity contribution in [3.63, 3.8) is 0 Å². The molecule has 1 saturated heterocycles. The zero-order chi connectivity index (χ0) is 13.5. The highest BCUT2D eigenvalue weighted by Gasteiger charge is 2.17. The third-order valence-corrected chi connectivity index (χ3v) is 4.80. The van der Waals surface area contributed by atoms with Crippen LogP contribution in [0.15, 0.2) is 24.3 Å². The summed E-state index contributed by atoms with van der Waals surface area (Å²) in [5.74, 6) is 2.26. The van der Waals surface area contributed by atoms with Gasteiger partial charge >= 0.3 is 0 Å². The van der Waals surface area contributed by atoms with Crippen molar-refractivity contribution in [1.29, 1.82) is 0 Å². The molecule has 3 heteroatoms. The van der Waals surface area contributed by atoms with Crippen LogP contribution in [-0.4, -0.2) is 30.8 Å². The molecule has 2 nitrogen and oxygen atoms in total. The second kappa shape index (κ2) is 7.93. The Kier molecular flexibility index (Phi) is 6.21. The fourth-order valence-corrected chi connectivity index (χ4v) is 3.77. The first-order valence-corrected chi connectivity index (χ1v) is 8.45. The Labute approximate surface area is 121 Å². The van der Waals surface area contributed by atoms with Crippen LogP contribution in [0.1, 0.15) is 36.9 Å². The molecule has 1 aromatic rings. The van der Waals surface area contributed by atoms with Crippen molar-refractivity contribution in [2.75, 3.05) is 24.7 Å². The van der Waals surface area contributed by atoms with E-state index in [0.29, 0.717) is 12.1 Å². The highest BCUT2D eigenvalue weighted by atomic mass is 32.2. The predicted octanol–water partition coefficient (Wildman–Crippen LogP) is 3.56. The molecule has 2 unspecified atom stereocenters. The van der Waals surface area contributed by atoms with E-state index in [1.54, 1.807) is 0 Å². The fourth-order valence-electron chi connectivity index (χ4n) is 2.58. The molecule has 1 heterocycles. The van der Waals surface area contributed by atoms with E-state index in [1.165, 1.54) is 24.0 Å². The van der Waals surface area contributed by atoms with Gasteiger partial charge in [-0.25, -0.2) is 0 Å². The Morgan fingerprint density at radius 3 is 2.95 bits per heavy atom. The van der Waals surface area contributed by atoms with Crippen molar-refractivity contribution >= 4 is 11.8 Å². The lowest BCUT2D eigenvalue weighted by molar-refractivity contribution is 0.129. The lowest BCUT2D eigenvalue weighted by Gasteiger charge is -2.20. The summed E-state index contributed by atoms with van der Waals surface area (Å²) in [6.07, 6.45) is 2.97. The molecule has 0 amide bonds. The van der Waals surface area contributed by atoms with Gasteiger partial charge in [0.1, 0.15) is 0 Å². The summed E-state index contributed by atoms with van der Waals surface area (Å²) in [7, 11) is 0. The standard InChI is InChI=1S/C16H25NOS/c1-3-17-16(15-9-5-4-7-13(15)2)12-19-11-14-8-6-10-18-14/h4-5,7,9,14,16-17H,3,6,8,10-12H2,1-2H3. The third-order valence-electron chi connectivity index (χ3n) is 3.63. The van der Waals surface area contributed by atoms with Gasteiger partial charge in [0.05, 0.1) is 6.10 Å². The number of nitrogens with one attached hydrogen (secondary N) is 1. The molecule has 2 atom stereocenters. The molecule has 1 aliphatic heterocycles. The van der Waals surface area contributed by atoms with E-state index in [0.717, 1.165) is 24.7 Å². The molecule has 0 saturated carbocycles. The minimum atomic E-state index is 0.456. The van der Waals surface area contributed by atoms with Gasteiger partial charge in [0.15, 0.2) is 0 Å². The number of hydrogen-bond acceptors (Lipinski definition) is 3. The van der Waals surface area contributed by atoms with Crippen molar-refractivity contribution in [2.24, 2.45) is 0 Å². The normalized spacial score (nSPS) is 20.6. The first-order valence-electron chi connectivity index (χ1n) is 7.29. The molecule has 1 N–H and O–H groups in total. The zero-order valence-electron chi connectivity index (χ0n) is 12.0. The van der Waals surface area contributed by atoms with Crippen molar-refractivity contribution in [3.05, 3.63) is 35.4 Å². The van der Waals surface area contributed by atoms with E-state index in [4.69, 9.17) is 4.74 Å². The summed E-state index contributed by atoms with van der Waals surface area (Å²) < 4.78 is 5.68. The maximum absolute atomic E-state index is 5.68. The van der Waals surface area contributed by atoms with Gasteiger partial charge in [-0.05, 0) is 37.4 Å². The van der Waals surface area contributed by atoms with Crippen molar-refractivity contribution in [2.45, 2.75) is 38.8 Å². The van der Waals surface area contributed by atoms with Crippen molar-refractivity contribution < 1.29 is 4.74 Å². The Balaban J connectivity index is 1.87. The maximum atomic E-state index is 5.68. The molecule has 1 aliphatic rings. The number of rotatable bonds is 7. The molecular formula is C16H25NOS. The van der Waals surface area contributed by atoms with Gasteiger partial charge in [-0.1, -0.05) is 31.2 Å². The topological polar surface area (TPSA) is 21.3 Å². The molecule has 0 radical (unpaired) electrons. The molecule has 0 spiro atoms. The van der Waals surface area contributed by atoms with Crippen LogP contribution < -0.4 is 5.32 Å². The Hall–Kier alpha value is -0.510. The highest BCUT2D eigenvalue weighted by molar-refractivity contribution is 7.99. The summed E-state index contributed by atoms with van der Waals surface area (Å²) in [5.41, 5.74) is 2.82. The van der Waals surface area contributed by atoms with E-state index in [2.05, 4.69) is 43.4 Å². The Morgan fingerprint density at radius 1 is 1.42 bits per heavy atom. The second-order valence-electron chi connectivity index (χ2n) is 5.14. The minimum Gasteiger partial charge on any atom is -0.377 e. The largest absolute Gasteiger partial charge is 0.377 e. The first-order chi connectivity index (χ1) is 9.31. The maximum Gasteiger partial charge on any atom is 0.0666 e. The quantitative estimate of drug-likeness (QED) is 0.824. The molecule has 0 bridgehead atoms. The fraction of sp³-hybridized carbons (Fsp3) is 0.625. The number of benzene rings is 1. The van der Waals surface area contributed by atoms with Gasteiger partial charge in [-0.2, -0.15) is 11.8 Å². The van der Waals surface area contributed by atoms with Crippen molar-refractivity contribution in [1.82, 2.24) is 5.32 Å². The van der Waals surface area contributed by atoms with Gasteiger partial charge in [-0.3, -0.25) is 0 Å². The predicted molar refractivity (Wildman–Crippen MR) is 83.9 cm³/mol. The van der Waals surface area contributed by atoms with E-state index in [-0.39, 0.29) is 0 Å². The van der Waals surface area contributed by atoms with Crippen LogP contribution in [0.5, 0.6) is 0 Å². The number of ether oxygens (including phenoxy) is 1. The molecule has 0 aromatic heterocycles. The molecule has 106 valence electrons. The SMILES string of the molecule is CCNC(CSCC1CCCO1)c1ccccc1C. The summed E-state index contributed by atoms with van der Waals surface area (Å²) in [5, 5.41) is 3.60. The van der Waals surface area contributed by atoms with Gasteiger partial charge in [0.2, 0.25) is 0 Å². The second-order valence-corrected chi connectivity index (χ2v) is 6.21. The van der Waals surface area contributed by atoms with Gasteiger partial charge in [0, 0.05) is 24.2 Å². The van der Waals surface area contributed by atoms with Crippen LogP contribution in [0.25, 0.3) is 0 Å². The molecule has 1 aromatic carbocycles. The first kappa shape index (κ1) is 14.9. The smallest absolute Gasteiger partial charge is 0.0666 e. The third kappa shape index (κ3) is 4.51. The van der Waals surface area contributed by atoms with Crippen LogP contribution in [0.4, 0.5) is 0 Å². The Morgan fingerprint density at radius 2 is 2.26 bits per heavy atom. The van der Waals surface area contributed by atoms with Crippen LogP contribution in [0.3, 0.4) is 0 Å². The lowest BCUT2D eigenvalue weighted by Crippen LogP contribution is -2.24. The van der Waals surface area contributed by atoms with Crippen LogP contribution in [0, 0.1) is 6.92 Å². The van der Waals surface area contributed by atoms with Crippen LogP contribution in [0.2, 0.25) is 0 Å². The number of aryl methyl sites for hydroxylation is 1. The van der Waals surface area contributed by atoms with Gasteiger partial charge in [0.25, 0.3) is 0 Å². The monoisotopic (exact) mass is 279 g/mol. The molecule has 2 rings (SSSR count). The summed E-state index contributed by atoms with van der Waals surface area (Å²) in [6.45, 7) is 6.35. The number of hydrogen-bond donors (Lipinski definition) is 1. The average molecular weight is 279 g/mol. The Bertz CT molecular complexity index is 377. The average Bonchev–Trinajstić information content (AvgIpc) is 2.92. The van der Waals surface area contributed by atoms with Crippen LogP contribution >= 0.6 is 11.8 Å². The summed E-state index contributed by atoms with van der Waals surface area (Å²) in [4.78, 5) is 0. The van der Waals surface area contributed by atoms with Gasteiger partial charge in [-0.15, -0.1) is 0 Å². The summed E-state index contributed by atoms with van der Waals surface area (Å²) in [6, 6.07) is 9.15. The van der Waals surface area contributed by atoms with E-state index < -0.39 is 0 Å². The molecule has 1 fully saturated rings. The highest BCUT2D eigenvalue weighted by Crippen LogP contribution is 2.24. The minimum absolute atomic E-state index is 0.456. The van der Waals surface area contributed by atoms with Crippen LogP contribution in [-0.2, 0) is 4.74 Å². The number of thioether (sulfide) groups is 1. The van der Waals surface area contributed by atoms with E-state index in [1.807, 2.05) is 11.8 Å². The van der Waals surface area contributed by atoms with Gasteiger partial charge < -0.3 is 10.1 Å². The molecule has 0 aliphatic carbocycles.